The summed E-state index contributed by atoms with van der Waals surface area (Å²) in [5, 5.41) is 3.43. The van der Waals surface area contributed by atoms with Crippen LogP contribution in [-0.2, 0) is 17.7 Å². The molecule has 0 saturated heterocycles. The zero-order chi connectivity index (χ0) is 22.7. The van der Waals surface area contributed by atoms with Gasteiger partial charge in [-0.3, -0.25) is 0 Å². The number of carbonyl (C=O) groups is 1. The number of rotatable bonds is 5. The van der Waals surface area contributed by atoms with Gasteiger partial charge in [0.05, 0.1) is 25.4 Å². The summed E-state index contributed by atoms with van der Waals surface area (Å²) in [5.41, 5.74) is 2.82. The molecule has 10 heteroatoms. The number of carbonyl (C=O) groups excluding carboxylic acids is 1. The maximum Gasteiger partial charge on any atom is 0.342 e. The number of aromatic nitrogens is 3. The van der Waals surface area contributed by atoms with Crippen LogP contribution in [0.2, 0.25) is 5.02 Å². The molecule has 1 N–H and O–H groups in total. The molecule has 4 rings (SSSR count). The number of halogens is 2. The molecule has 0 amide bonds. The van der Waals surface area contributed by atoms with Crippen molar-refractivity contribution in [2.75, 3.05) is 23.4 Å². The maximum absolute atomic E-state index is 14.3. The zero-order valence-corrected chi connectivity index (χ0v) is 17.9. The van der Waals surface area contributed by atoms with Crippen molar-refractivity contribution >= 4 is 40.6 Å². The molecule has 0 fully saturated rings. The third kappa shape index (κ3) is 4.31. The fraction of sp³-hybridized carbons (Fsp3) is 0.227. The molecule has 1 aromatic carbocycles. The van der Waals surface area contributed by atoms with Crippen molar-refractivity contribution in [3.05, 3.63) is 75.9 Å². The number of hydrogen-bond donors (Lipinski definition) is 1. The van der Waals surface area contributed by atoms with Gasteiger partial charge in [-0.2, -0.15) is 0 Å². The number of esters is 1. The van der Waals surface area contributed by atoms with Crippen LogP contribution in [0, 0.1) is 12.4 Å². The first-order valence-corrected chi connectivity index (χ1v) is 10.2. The van der Waals surface area contributed by atoms with Crippen LogP contribution in [0.4, 0.5) is 27.4 Å². The number of nitrogens with zero attached hydrogens (tertiary/aromatic N) is 5. The number of fused-ring (bicyclic) bond motifs is 1. The molecular formula is C22H18ClFN6O2. The SMILES string of the molecule is [C-]#[N+]c1ccc(N2CCc3c(ncnc3Nc3cc(F)c(C(=O)OCC)cn3)C2)cc1Cl. The van der Waals surface area contributed by atoms with E-state index in [4.69, 9.17) is 22.9 Å². The van der Waals surface area contributed by atoms with Gasteiger partial charge in [0, 0.05) is 35.1 Å². The summed E-state index contributed by atoms with van der Waals surface area (Å²) in [6.45, 7) is 10.1. The molecule has 162 valence electrons. The van der Waals surface area contributed by atoms with Gasteiger partial charge in [0.1, 0.15) is 29.3 Å². The minimum absolute atomic E-state index is 0.151. The molecule has 1 aliphatic rings. The van der Waals surface area contributed by atoms with Crippen LogP contribution in [0.5, 0.6) is 0 Å². The third-order valence-electron chi connectivity index (χ3n) is 5.02. The molecule has 2 aromatic heterocycles. The van der Waals surface area contributed by atoms with Crippen molar-refractivity contribution < 1.29 is 13.9 Å². The van der Waals surface area contributed by atoms with E-state index in [1.54, 1.807) is 19.1 Å². The molecule has 3 heterocycles. The zero-order valence-electron chi connectivity index (χ0n) is 17.1. The monoisotopic (exact) mass is 452 g/mol. The van der Waals surface area contributed by atoms with Crippen molar-refractivity contribution in [3.8, 4) is 0 Å². The minimum atomic E-state index is -0.756. The van der Waals surface area contributed by atoms with Gasteiger partial charge in [0.2, 0.25) is 5.69 Å². The van der Waals surface area contributed by atoms with Crippen molar-refractivity contribution in [1.29, 1.82) is 0 Å². The number of anilines is 3. The van der Waals surface area contributed by atoms with Crippen molar-refractivity contribution in [2.45, 2.75) is 19.9 Å². The van der Waals surface area contributed by atoms with Crippen LogP contribution < -0.4 is 10.2 Å². The van der Waals surface area contributed by atoms with E-state index in [-0.39, 0.29) is 18.0 Å². The average molecular weight is 453 g/mol. The second-order valence-electron chi connectivity index (χ2n) is 6.96. The Morgan fingerprint density at radius 2 is 2.19 bits per heavy atom. The Morgan fingerprint density at radius 3 is 2.91 bits per heavy atom. The van der Waals surface area contributed by atoms with E-state index in [9.17, 15) is 9.18 Å². The van der Waals surface area contributed by atoms with Gasteiger partial charge in [-0.05, 0) is 25.5 Å². The largest absolute Gasteiger partial charge is 0.462 e. The standard InChI is InChI=1S/C22H18ClFN6O2/c1-3-32-22(31)15-10-26-20(9-17(15)24)29-21-14-6-7-30(11-19(14)27-12-28-21)13-4-5-18(25-2)16(23)8-13/h4-5,8-10,12H,3,6-7,11H2,1H3,(H,26,27,28,29). The van der Waals surface area contributed by atoms with Crippen LogP contribution >= 0.6 is 11.6 Å². The number of ether oxygens (including phenoxy) is 1. The molecule has 0 bridgehead atoms. The highest BCUT2D eigenvalue weighted by atomic mass is 35.5. The van der Waals surface area contributed by atoms with Crippen molar-refractivity contribution in [2.24, 2.45) is 0 Å². The van der Waals surface area contributed by atoms with Crippen LogP contribution in [-0.4, -0.2) is 34.1 Å². The molecule has 8 nitrogen and oxygen atoms in total. The summed E-state index contributed by atoms with van der Waals surface area (Å²) in [6.07, 6.45) is 3.22. The van der Waals surface area contributed by atoms with Crippen LogP contribution in [0.25, 0.3) is 4.85 Å². The highest BCUT2D eigenvalue weighted by Crippen LogP contribution is 2.33. The molecule has 0 saturated carbocycles. The second kappa shape index (κ2) is 9.16. The van der Waals surface area contributed by atoms with E-state index in [1.807, 2.05) is 6.07 Å². The summed E-state index contributed by atoms with van der Waals surface area (Å²) in [7, 11) is 0. The van der Waals surface area contributed by atoms with Gasteiger partial charge >= 0.3 is 5.97 Å². The van der Waals surface area contributed by atoms with Gasteiger partial charge in [0.25, 0.3) is 0 Å². The molecule has 0 radical (unpaired) electrons. The topological polar surface area (TPSA) is 84.6 Å². The van der Waals surface area contributed by atoms with E-state index >= 15 is 0 Å². The third-order valence-corrected chi connectivity index (χ3v) is 5.32. The minimum Gasteiger partial charge on any atom is -0.462 e. The van der Waals surface area contributed by atoms with Gasteiger partial charge in [0.15, 0.2) is 0 Å². The highest BCUT2D eigenvalue weighted by Gasteiger charge is 2.22. The summed E-state index contributed by atoms with van der Waals surface area (Å²) in [6, 6.07) is 6.48. The van der Waals surface area contributed by atoms with E-state index < -0.39 is 11.8 Å². The van der Waals surface area contributed by atoms with Crippen LogP contribution in [0.1, 0.15) is 28.5 Å². The fourth-order valence-electron chi connectivity index (χ4n) is 3.45. The number of benzene rings is 1. The Balaban J connectivity index is 1.54. The Kier molecular flexibility index (Phi) is 6.14. The second-order valence-corrected chi connectivity index (χ2v) is 7.37. The van der Waals surface area contributed by atoms with Gasteiger partial charge in [-0.25, -0.2) is 29.0 Å². The Hall–Kier alpha value is -3.77. The fourth-order valence-corrected chi connectivity index (χ4v) is 3.66. The van der Waals surface area contributed by atoms with E-state index in [0.29, 0.717) is 36.0 Å². The number of nitrogens with one attached hydrogen (secondary N) is 1. The van der Waals surface area contributed by atoms with E-state index in [2.05, 4.69) is 30.0 Å². The lowest BCUT2D eigenvalue weighted by Gasteiger charge is -2.31. The first kappa shape index (κ1) is 21.5. The van der Waals surface area contributed by atoms with Crippen LogP contribution in [0.15, 0.2) is 36.8 Å². The lowest BCUT2D eigenvalue weighted by molar-refractivity contribution is 0.0520. The smallest absolute Gasteiger partial charge is 0.342 e. The van der Waals surface area contributed by atoms with Gasteiger partial charge in [-0.1, -0.05) is 17.7 Å². The van der Waals surface area contributed by atoms with E-state index in [0.717, 1.165) is 29.2 Å². The lowest BCUT2D eigenvalue weighted by atomic mass is 10.0. The average Bonchev–Trinajstić information content (AvgIpc) is 2.79. The van der Waals surface area contributed by atoms with Gasteiger partial charge in [-0.15, -0.1) is 0 Å². The lowest BCUT2D eigenvalue weighted by Crippen LogP contribution is -2.31. The first-order chi connectivity index (χ1) is 15.5. The van der Waals surface area contributed by atoms with Gasteiger partial charge < -0.3 is 15.0 Å². The van der Waals surface area contributed by atoms with Crippen molar-refractivity contribution in [1.82, 2.24) is 15.0 Å². The molecule has 0 atom stereocenters. The maximum atomic E-state index is 14.3. The quantitative estimate of drug-likeness (QED) is 0.443. The predicted molar refractivity (Wildman–Crippen MR) is 118 cm³/mol. The van der Waals surface area contributed by atoms with Crippen molar-refractivity contribution in [3.63, 3.8) is 0 Å². The highest BCUT2D eigenvalue weighted by molar-refractivity contribution is 6.33. The molecule has 32 heavy (non-hydrogen) atoms. The Labute approximate surface area is 188 Å². The Bertz CT molecular complexity index is 1230. The molecule has 0 spiro atoms. The van der Waals surface area contributed by atoms with E-state index in [1.165, 1.54) is 6.33 Å². The number of pyridine rings is 1. The Morgan fingerprint density at radius 1 is 1.34 bits per heavy atom. The number of hydrogen-bond acceptors (Lipinski definition) is 7. The molecule has 0 unspecified atom stereocenters. The predicted octanol–water partition coefficient (Wildman–Crippen LogP) is 4.70. The summed E-state index contributed by atoms with van der Waals surface area (Å²) < 4.78 is 19.2. The molecule has 3 aromatic rings. The summed E-state index contributed by atoms with van der Waals surface area (Å²) >= 11 is 6.18. The molecule has 0 aliphatic carbocycles. The summed E-state index contributed by atoms with van der Waals surface area (Å²) in [4.78, 5) is 30.1. The van der Waals surface area contributed by atoms with Crippen LogP contribution in [0.3, 0.4) is 0 Å². The molecular weight excluding hydrogens is 435 g/mol. The molecule has 1 aliphatic heterocycles. The normalized spacial score (nSPS) is 12.6. The summed E-state index contributed by atoms with van der Waals surface area (Å²) in [5.74, 6) is -0.727. The first-order valence-electron chi connectivity index (χ1n) is 9.84.